The topological polar surface area (TPSA) is 66.3 Å². The van der Waals surface area contributed by atoms with Crippen LogP contribution in [0.15, 0.2) is 39.7 Å². The Labute approximate surface area is 134 Å². The van der Waals surface area contributed by atoms with Crippen LogP contribution in [0.25, 0.3) is 0 Å². The Morgan fingerprint density at radius 2 is 2.09 bits per heavy atom. The molecule has 0 spiro atoms. The van der Waals surface area contributed by atoms with Crippen molar-refractivity contribution >= 4 is 5.91 Å². The lowest BCUT2D eigenvalue weighted by atomic mass is 10.2. The van der Waals surface area contributed by atoms with Crippen molar-refractivity contribution < 1.29 is 9.21 Å². The van der Waals surface area contributed by atoms with Crippen LogP contribution < -0.4 is 5.56 Å². The van der Waals surface area contributed by atoms with Crippen LogP contribution in [0.1, 0.15) is 54.0 Å². The van der Waals surface area contributed by atoms with Crippen molar-refractivity contribution in [3.8, 4) is 0 Å². The molecule has 5 heteroatoms. The Morgan fingerprint density at radius 1 is 1.30 bits per heavy atom. The second-order valence-electron chi connectivity index (χ2n) is 6.73. The summed E-state index contributed by atoms with van der Waals surface area (Å²) in [5, 5.41) is 0. The summed E-state index contributed by atoms with van der Waals surface area (Å²) in [6.07, 6.45) is 4.74. The zero-order chi connectivity index (χ0) is 16.0. The van der Waals surface area contributed by atoms with Gasteiger partial charge in [-0.15, -0.1) is 0 Å². The van der Waals surface area contributed by atoms with Gasteiger partial charge in [0, 0.05) is 24.2 Å². The summed E-state index contributed by atoms with van der Waals surface area (Å²) in [4.78, 5) is 28.3. The number of rotatable bonds is 5. The van der Waals surface area contributed by atoms with Crippen LogP contribution in [-0.4, -0.2) is 21.8 Å². The standard InChI is InChI=1S/C18H20N2O3/c1-11-8-15(11)16-6-5-14(23-16)10-20(13-3-4-13)18(22)12-2-7-17(21)19-9-12/h2,5-7,9,11,13,15H,3-4,8,10H2,1H3,(H,19,21)/t11-,15-/m1/s1. The molecule has 2 fully saturated rings. The summed E-state index contributed by atoms with van der Waals surface area (Å²) in [5.74, 6) is 3.08. The second-order valence-corrected chi connectivity index (χ2v) is 6.73. The summed E-state index contributed by atoms with van der Waals surface area (Å²) >= 11 is 0. The van der Waals surface area contributed by atoms with Gasteiger partial charge in [-0.05, 0) is 43.4 Å². The number of carbonyl (C=O) groups is 1. The fraction of sp³-hybridized carbons (Fsp3) is 0.444. The average molecular weight is 312 g/mol. The van der Waals surface area contributed by atoms with Crippen LogP contribution in [0.4, 0.5) is 0 Å². The van der Waals surface area contributed by atoms with Crippen LogP contribution in [-0.2, 0) is 6.54 Å². The average Bonchev–Trinajstić information content (AvgIpc) is 3.46. The maximum atomic E-state index is 12.7. The first-order valence-corrected chi connectivity index (χ1v) is 8.20. The van der Waals surface area contributed by atoms with Crippen molar-refractivity contribution in [1.82, 2.24) is 9.88 Å². The van der Waals surface area contributed by atoms with Gasteiger partial charge in [0.05, 0.1) is 12.1 Å². The van der Waals surface area contributed by atoms with E-state index in [0.29, 0.717) is 23.9 Å². The second kappa shape index (κ2) is 5.41. The lowest BCUT2D eigenvalue weighted by molar-refractivity contribution is 0.0716. The molecule has 0 aliphatic heterocycles. The monoisotopic (exact) mass is 312 g/mol. The highest BCUT2D eigenvalue weighted by molar-refractivity contribution is 5.94. The first-order valence-electron chi connectivity index (χ1n) is 8.20. The van der Waals surface area contributed by atoms with Gasteiger partial charge in [0.1, 0.15) is 11.5 Å². The van der Waals surface area contributed by atoms with Gasteiger partial charge in [-0.25, -0.2) is 0 Å². The predicted octanol–water partition coefficient (Wildman–Crippen LogP) is 2.90. The van der Waals surface area contributed by atoms with Gasteiger partial charge in [0.25, 0.3) is 5.91 Å². The minimum Gasteiger partial charge on any atom is -0.464 e. The molecule has 2 aliphatic carbocycles. The minimum atomic E-state index is -0.200. The Morgan fingerprint density at radius 3 is 2.70 bits per heavy atom. The van der Waals surface area contributed by atoms with E-state index in [1.807, 2.05) is 17.0 Å². The van der Waals surface area contributed by atoms with Gasteiger partial charge in [-0.2, -0.15) is 0 Å². The van der Waals surface area contributed by atoms with E-state index in [1.165, 1.54) is 18.7 Å². The Balaban J connectivity index is 1.51. The number of nitrogens with one attached hydrogen (secondary N) is 1. The SMILES string of the molecule is C[C@@H]1C[C@H]1c1ccc(CN(C(=O)c2ccc(=O)[nH]c2)C2CC2)o1. The normalized spacial score (nSPS) is 22.8. The number of aromatic amines is 1. The predicted molar refractivity (Wildman–Crippen MR) is 85.2 cm³/mol. The molecule has 4 rings (SSSR count). The summed E-state index contributed by atoms with van der Waals surface area (Å²) in [6.45, 7) is 2.72. The number of furan rings is 1. The maximum absolute atomic E-state index is 12.7. The number of carbonyl (C=O) groups excluding carboxylic acids is 1. The molecular weight excluding hydrogens is 292 g/mol. The van der Waals surface area contributed by atoms with E-state index < -0.39 is 0 Å². The van der Waals surface area contributed by atoms with E-state index in [0.717, 1.165) is 24.4 Å². The van der Waals surface area contributed by atoms with Crippen LogP contribution in [0.2, 0.25) is 0 Å². The van der Waals surface area contributed by atoms with Crippen LogP contribution in [0.3, 0.4) is 0 Å². The van der Waals surface area contributed by atoms with Gasteiger partial charge >= 0.3 is 0 Å². The third-order valence-corrected chi connectivity index (χ3v) is 4.76. The van der Waals surface area contributed by atoms with E-state index in [4.69, 9.17) is 4.42 Å². The number of hydrogen-bond donors (Lipinski definition) is 1. The van der Waals surface area contributed by atoms with E-state index in [9.17, 15) is 9.59 Å². The van der Waals surface area contributed by atoms with Gasteiger partial charge < -0.3 is 14.3 Å². The van der Waals surface area contributed by atoms with Gasteiger partial charge in [0.2, 0.25) is 5.56 Å². The lowest BCUT2D eigenvalue weighted by Crippen LogP contribution is -2.32. The Hall–Kier alpha value is -2.30. The number of H-pyrrole nitrogens is 1. The minimum absolute atomic E-state index is 0.0542. The number of amides is 1. The number of pyridine rings is 1. The third-order valence-electron chi connectivity index (χ3n) is 4.76. The van der Waals surface area contributed by atoms with Gasteiger partial charge in [0.15, 0.2) is 0 Å². The summed E-state index contributed by atoms with van der Waals surface area (Å²) in [6, 6.07) is 7.27. The maximum Gasteiger partial charge on any atom is 0.255 e. The number of aromatic nitrogens is 1. The molecule has 0 aromatic carbocycles. The van der Waals surface area contributed by atoms with Crippen molar-refractivity contribution in [2.45, 2.75) is 44.7 Å². The molecule has 0 bridgehead atoms. The molecule has 120 valence electrons. The molecule has 1 amide bonds. The zero-order valence-corrected chi connectivity index (χ0v) is 13.1. The van der Waals surface area contributed by atoms with E-state index >= 15 is 0 Å². The van der Waals surface area contributed by atoms with Gasteiger partial charge in [-0.3, -0.25) is 9.59 Å². The zero-order valence-electron chi connectivity index (χ0n) is 13.1. The van der Waals surface area contributed by atoms with E-state index in [2.05, 4.69) is 11.9 Å². The van der Waals surface area contributed by atoms with E-state index in [-0.39, 0.29) is 17.5 Å². The fourth-order valence-electron chi connectivity index (χ4n) is 3.03. The highest BCUT2D eigenvalue weighted by Gasteiger charge is 2.37. The Bertz CT molecular complexity index is 767. The smallest absolute Gasteiger partial charge is 0.255 e. The van der Waals surface area contributed by atoms with Crippen molar-refractivity contribution in [3.63, 3.8) is 0 Å². The van der Waals surface area contributed by atoms with Crippen molar-refractivity contribution in [2.24, 2.45) is 5.92 Å². The van der Waals surface area contributed by atoms with E-state index in [1.54, 1.807) is 6.07 Å². The highest BCUT2D eigenvalue weighted by Crippen LogP contribution is 2.47. The number of hydrogen-bond acceptors (Lipinski definition) is 3. The quantitative estimate of drug-likeness (QED) is 0.923. The molecule has 0 unspecified atom stereocenters. The molecule has 2 aromatic heterocycles. The van der Waals surface area contributed by atoms with Crippen LogP contribution >= 0.6 is 0 Å². The highest BCUT2D eigenvalue weighted by atomic mass is 16.3. The lowest BCUT2D eigenvalue weighted by Gasteiger charge is -2.21. The molecule has 23 heavy (non-hydrogen) atoms. The van der Waals surface area contributed by atoms with Crippen molar-refractivity contribution in [3.05, 3.63) is 57.9 Å². The third kappa shape index (κ3) is 2.96. The summed E-state index contributed by atoms with van der Waals surface area (Å²) < 4.78 is 5.94. The van der Waals surface area contributed by atoms with Crippen LogP contribution in [0, 0.1) is 5.92 Å². The molecule has 0 saturated heterocycles. The fourth-order valence-corrected chi connectivity index (χ4v) is 3.03. The molecule has 2 saturated carbocycles. The molecule has 1 N–H and O–H groups in total. The first-order chi connectivity index (χ1) is 11.1. The number of nitrogens with zero attached hydrogens (tertiary/aromatic N) is 1. The largest absolute Gasteiger partial charge is 0.464 e. The molecular formula is C18H20N2O3. The summed E-state index contributed by atoms with van der Waals surface area (Å²) in [5.41, 5.74) is 0.313. The van der Waals surface area contributed by atoms with Gasteiger partial charge in [-0.1, -0.05) is 6.92 Å². The first kappa shape index (κ1) is 14.3. The molecule has 2 aliphatic rings. The molecule has 2 atom stereocenters. The molecule has 2 aromatic rings. The van der Waals surface area contributed by atoms with Crippen molar-refractivity contribution in [1.29, 1.82) is 0 Å². The Kier molecular flexibility index (Phi) is 3.36. The summed E-state index contributed by atoms with van der Waals surface area (Å²) in [7, 11) is 0. The van der Waals surface area contributed by atoms with Crippen molar-refractivity contribution in [2.75, 3.05) is 0 Å². The van der Waals surface area contributed by atoms with Crippen LogP contribution in [0.5, 0.6) is 0 Å². The molecule has 5 nitrogen and oxygen atoms in total. The molecule has 2 heterocycles. The molecule has 0 radical (unpaired) electrons.